The summed E-state index contributed by atoms with van der Waals surface area (Å²) in [5.41, 5.74) is 1.03. The molecule has 0 fully saturated rings. The quantitative estimate of drug-likeness (QED) is 0.543. The van der Waals surface area contributed by atoms with Crippen LogP contribution in [0.25, 0.3) is 0 Å². The van der Waals surface area contributed by atoms with Crippen LogP contribution in [0.3, 0.4) is 0 Å². The molecule has 3 aromatic rings. The van der Waals surface area contributed by atoms with E-state index >= 15 is 0 Å². The Bertz CT molecular complexity index is 1400. The van der Waals surface area contributed by atoms with Gasteiger partial charge in [-0.3, -0.25) is 38.6 Å². The highest BCUT2D eigenvalue weighted by atomic mass is 32.1. The van der Waals surface area contributed by atoms with Crippen molar-refractivity contribution in [1.29, 1.82) is 0 Å². The lowest BCUT2D eigenvalue weighted by Gasteiger charge is -2.08. The lowest BCUT2D eigenvalue weighted by molar-refractivity contribution is 0.0678. The molecule has 3 heterocycles. The molecule has 5 rings (SSSR count). The van der Waals surface area contributed by atoms with E-state index in [9.17, 15) is 28.8 Å². The highest BCUT2D eigenvalue weighted by Crippen LogP contribution is 2.31. The van der Waals surface area contributed by atoms with Crippen molar-refractivity contribution in [2.45, 2.75) is 0 Å². The number of hydrogen-bond donors (Lipinski definition) is 2. The van der Waals surface area contributed by atoms with E-state index in [4.69, 9.17) is 0 Å². The first-order chi connectivity index (χ1) is 16.7. The number of carbonyl (C=O) groups is 6. The molecule has 35 heavy (non-hydrogen) atoms. The van der Waals surface area contributed by atoms with Crippen molar-refractivity contribution < 1.29 is 28.8 Å². The van der Waals surface area contributed by atoms with Gasteiger partial charge < -0.3 is 10.6 Å². The van der Waals surface area contributed by atoms with E-state index in [1.54, 1.807) is 12.1 Å². The minimum atomic E-state index is -0.555. The van der Waals surface area contributed by atoms with Gasteiger partial charge in [0.1, 0.15) is 0 Å². The lowest BCUT2D eigenvalue weighted by Crippen LogP contribution is -2.24. The minimum Gasteiger partial charge on any atom is -0.321 e. The van der Waals surface area contributed by atoms with Crippen LogP contribution in [0.5, 0.6) is 0 Å². The maximum atomic E-state index is 12.8. The topological polar surface area (TPSA) is 133 Å². The van der Waals surface area contributed by atoms with Crippen LogP contribution >= 0.6 is 11.3 Å². The van der Waals surface area contributed by atoms with Gasteiger partial charge >= 0.3 is 0 Å². The van der Waals surface area contributed by atoms with Gasteiger partial charge in [-0.2, -0.15) is 0 Å². The fourth-order valence-electron chi connectivity index (χ4n) is 3.96. The van der Waals surface area contributed by atoms with Crippen molar-refractivity contribution in [2.75, 3.05) is 24.7 Å². The molecule has 0 radical (unpaired) electrons. The van der Waals surface area contributed by atoms with Crippen LogP contribution in [0.2, 0.25) is 0 Å². The maximum absolute atomic E-state index is 12.8. The molecule has 2 aromatic carbocycles. The average Bonchev–Trinajstić information content (AvgIpc) is 3.49. The molecule has 2 aliphatic rings. The van der Waals surface area contributed by atoms with Crippen molar-refractivity contribution in [1.82, 2.24) is 9.80 Å². The number of fused-ring (bicyclic) bond motifs is 2. The van der Waals surface area contributed by atoms with Crippen molar-refractivity contribution in [3.8, 4) is 0 Å². The van der Waals surface area contributed by atoms with Crippen molar-refractivity contribution in [3.05, 3.63) is 80.5 Å². The molecule has 174 valence electrons. The second kappa shape index (κ2) is 7.99. The molecule has 2 aliphatic heterocycles. The molecule has 0 saturated carbocycles. The van der Waals surface area contributed by atoms with E-state index in [2.05, 4.69) is 10.6 Å². The number of carbonyl (C=O) groups excluding carboxylic acids is 6. The molecule has 1 aromatic heterocycles. The molecule has 0 aliphatic carbocycles. The first-order valence-electron chi connectivity index (χ1n) is 10.3. The summed E-state index contributed by atoms with van der Waals surface area (Å²) in [4.78, 5) is 77.2. The van der Waals surface area contributed by atoms with Crippen LogP contribution in [-0.4, -0.2) is 59.3 Å². The third-order valence-electron chi connectivity index (χ3n) is 5.79. The van der Waals surface area contributed by atoms with Crippen molar-refractivity contribution in [2.24, 2.45) is 0 Å². The molecule has 0 unspecified atom stereocenters. The molecular formula is C24H16N4O6S. The van der Waals surface area contributed by atoms with Gasteiger partial charge in [-0.05, 0) is 36.4 Å². The van der Waals surface area contributed by atoms with Gasteiger partial charge in [0.05, 0.1) is 43.4 Å². The second-order valence-electron chi connectivity index (χ2n) is 7.87. The first kappa shape index (κ1) is 22.2. The number of thiophene rings is 1. The summed E-state index contributed by atoms with van der Waals surface area (Å²) in [5, 5.41) is 5.27. The number of imide groups is 2. The van der Waals surface area contributed by atoms with E-state index in [1.807, 2.05) is 0 Å². The third kappa shape index (κ3) is 3.40. The molecule has 11 heteroatoms. The van der Waals surface area contributed by atoms with Gasteiger partial charge in [-0.25, -0.2) is 0 Å². The molecule has 2 N–H and O–H groups in total. The van der Waals surface area contributed by atoms with E-state index in [0.717, 1.165) is 21.1 Å². The van der Waals surface area contributed by atoms with Crippen molar-refractivity contribution >= 4 is 58.2 Å². The Morgan fingerprint density at radius 1 is 0.629 bits per heavy atom. The smallest absolute Gasteiger partial charge is 0.265 e. The van der Waals surface area contributed by atoms with Crippen LogP contribution in [0.15, 0.2) is 48.5 Å². The number of hydrogen-bond acceptors (Lipinski definition) is 7. The number of benzene rings is 2. The monoisotopic (exact) mass is 488 g/mol. The van der Waals surface area contributed by atoms with E-state index < -0.39 is 35.4 Å². The Balaban J connectivity index is 1.35. The van der Waals surface area contributed by atoms with Crippen LogP contribution in [-0.2, 0) is 0 Å². The standard InChI is InChI=1S/C24H16N4O6S/c1-27-21(31)11-5-3-7-13(17(11)23(27)33)25-19(29)15-9-10-16(35-15)20(30)26-14-8-4-6-12-18(14)24(34)28(2)22(12)32/h3-10H,1-2H3,(H,25,29)(H,26,30). The SMILES string of the molecule is CN1C(=O)c2cccc(NC(=O)c3ccc(C(=O)Nc4cccc5c4C(=O)N(C)C5=O)s3)c2C1=O. The van der Waals surface area contributed by atoms with Crippen molar-refractivity contribution in [3.63, 3.8) is 0 Å². The van der Waals surface area contributed by atoms with Gasteiger partial charge in [0.15, 0.2) is 0 Å². The summed E-state index contributed by atoms with van der Waals surface area (Å²) in [6, 6.07) is 12.1. The molecule has 0 spiro atoms. The zero-order valence-corrected chi connectivity index (χ0v) is 19.2. The Hall–Kier alpha value is -4.64. The van der Waals surface area contributed by atoms with Crippen LogP contribution in [0, 0.1) is 0 Å². The van der Waals surface area contributed by atoms with Crippen LogP contribution in [0.1, 0.15) is 60.8 Å². The van der Waals surface area contributed by atoms with Gasteiger partial charge in [0, 0.05) is 14.1 Å². The number of rotatable bonds is 4. The van der Waals surface area contributed by atoms with E-state index in [1.165, 1.54) is 50.5 Å². The zero-order valence-electron chi connectivity index (χ0n) is 18.4. The largest absolute Gasteiger partial charge is 0.321 e. The predicted octanol–water partition coefficient (Wildman–Crippen LogP) is 2.70. The van der Waals surface area contributed by atoms with Gasteiger partial charge in [0.2, 0.25) is 0 Å². The third-order valence-corrected chi connectivity index (χ3v) is 6.87. The molecular weight excluding hydrogens is 472 g/mol. The summed E-state index contributed by atoms with van der Waals surface area (Å²) in [6.45, 7) is 0. The summed E-state index contributed by atoms with van der Waals surface area (Å²) < 4.78 is 0. The van der Waals surface area contributed by atoms with E-state index in [-0.39, 0.29) is 43.4 Å². The number of nitrogens with zero attached hydrogens (tertiary/aromatic N) is 2. The number of amides is 6. The van der Waals surface area contributed by atoms with Gasteiger partial charge in [0.25, 0.3) is 35.4 Å². The lowest BCUT2D eigenvalue weighted by atomic mass is 10.1. The van der Waals surface area contributed by atoms with E-state index in [0.29, 0.717) is 0 Å². The minimum absolute atomic E-state index is 0.116. The fourth-order valence-corrected chi connectivity index (χ4v) is 4.76. The summed E-state index contributed by atoms with van der Waals surface area (Å²) in [7, 11) is 2.73. The van der Waals surface area contributed by atoms with Gasteiger partial charge in [-0.15, -0.1) is 11.3 Å². The first-order valence-corrected chi connectivity index (χ1v) is 11.1. The van der Waals surface area contributed by atoms with Crippen LogP contribution < -0.4 is 10.6 Å². The summed E-state index contributed by atoms with van der Waals surface area (Å²) in [6.07, 6.45) is 0. The molecule has 10 nitrogen and oxygen atoms in total. The molecule has 6 amide bonds. The fraction of sp³-hybridized carbons (Fsp3) is 0.0833. The summed E-state index contributed by atoms with van der Waals surface area (Å²) >= 11 is 0.909. The predicted molar refractivity (Wildman–Crippen MR) is 126 cm³/mol. The molecule has 0 saturated heterocycles. The van der Waals surface area contributed by atoms with Crippen LogP contribution in [0.4, 0.5) is 11.4 Å². The normalized spacial score (nSPS) is 14.3. The zero-order chi connectivity index (χ0) is 25.0. The maximum Gasteiger partial charge on any atom is 0.265 e. The Kier molecular flexibility index (Phi) is 5.06. The second-order valence-corrected chi connectivity index (χ2v) is 8.95. The molecule has 0 atom stereocenters. The number of nitrogens with one attached hydrogen (secondary N) is 2. The van der Waals surface area contributed by atoms with Gasteiger partial charge in [-0.1, -0.05) is 12.1 Å². The Labute approximate surface area is 202 Å². The number of anilines is 2. The highest BCUT2D eigenvalue weighted by molar-refractivity contribution is 7.16. The highest BCUT2D eigenvalue weighted by Gasteiger charge is 2.36. The Morgan fingerprint density at radius 2 is 1.03 bits per heavy atom. The average molecular weight is 488 g/mol. The summed E-state index contributed by atoms with van der Waals surface area (Å²) in [5.74, 6) is -3.03. The Morgan fingerprint density at radius 3 is 1.43 bits per heavy atom. The molecule has 0 bridgehead atoms.